The minimum Gasteiger partial charge on any atom is -0.483 e. The molecule has 0 N–H and O–H groups in total. The van der Waals surface area contributed by atoms with Crippen LogP contribution < -0.4 is 14.3 Å². The van der Waals surface area contributed by atoms with Crippen molar-refractivity contribution < 1.29 is 53.2 Å². The summed E-state index contributed by atoms with van der Waals surface area (Å²) in [5, 5.41) is -1.43. The van der Waals surface area contributed by atoms with E-state index in [4.69, 9.17) is 25.5 Å². The van der Waals surface area contributed by atoms with E-state index in [1.165, 1.54) is 6.92 Å². The van der Waals surface area contributed by atoms with E-state index in [1.54, 1.807) is 32.9 Å². The second kappa shape index (κ2) is 12.2. The average molecular weight is 688 g/mol. The molecule has 4 aromatic rings. The Morgan fingerprint density at radius 1 is 1.07 bits per heavy atom. The zero-order valence-electron chi connectivity index (χ0n) is 24.3. The summed E-state index contributed by atoms with van der Waals surface area (Å²) in [6.45, 7) is 6.58. The van der Waals surface area contributed by atoms with Gasteiger partial charge in [0.1, 0.15) is 22.6 Å². The Morgan fingerprint density at radius 2 is 1.70 bits per heavy atom. The Kier molecular flexibility index (Phi) is 8.77. The highest BCUT2D eigenvalue weighted by molar-refractivity contribution is 7.87. The monoisotopic (exact) mass is 687 g/mol. The Hall–Kier alpha value is -4.24. The second-order valence-corrected chi connectivity index (χ2v) is 12.3. The lowest BCUT2D eigenvalue weighted by atomic mass is 10.0. The predicted molar refractivity (Wildman–Crippen MR) is 152 cm³/mol. The number of fused-ring (bicyclic) bond motifs is 1. The molecule has 0 radical (unpaired) electrons. The van der Waals surface area contributed by atoms with Gasteiger partial charge in [0.05, 0.1) is 17.9 Å². The summed E-state index contributed by atoms with van der Waals surface area (Å²) in [6.07, 6.45) is -0.713. The van der Waals surface area contributed by atoms with Gasteiger partial charge in [0.15, 0.2) is 11.2 Å². The van der Waals surface area contributed by atoms with Crippen LogP contribution in [-0.2, 0) is 19.6 Å². The zero-order chi connectivity index (χ0) is 33.8. The Morgan fingerprint density at radius 3 is 2.33 bits per heavy atom. The van der Waals surface area contributed by atoms with E-state index in [9.17, 15) is 40.0 Å². The number of carbonyl (C=O) groups excluding carboxylic acids is 1. The molecule has 0 saturated heterocycles. The number of hydrogen-bond donors (Lipinski definition) is 0. The van der Waals surface area contributed by atoms with Crippen LogP contribution in [0.15, 0.2) is 38.5 Å². The smallest absolute Gasteiger partial charge is 0.360 e. The number of esters is 1. The highest BCUT2D eigenvalue weighted by Gasteiger charge is 2.48. The summed E-state index contributed by atoms with van der Waals surface area (Å²) in [6, 6.07) is 5.33. The molecule has 1 fully saturated rings. The number of benzene rings is 2. The van der Waals surface area contributed by atoms with Gasteiger partial charge < -0.3 is 18.1 Å². The van der Waals surface area contributed by atoms with Crippen molar-refractivity contribution in [2.45, 2.75) is 51.2 Å². The summed E-state index contributed by atoms with van der Waals surface area (Å²) < 4.78 is 117. The van der Waals surface area contributed by atoms with Gasteiger partial charge in [-0.15, -0.1) is 0 Å². The van der Waals surface area contributed by atoms with Crippen molar-refractivity contribution in [2.24, 2.45) is 5.92 Å². The van der Waals surface area contributed by atoms with Crippen molar-refractivity contribution in [2.75, 3.05) is 6.61 Å². The van der Waals surface area contributed by atoms with E-state index in [1.807, 2.05) is 0 Å². The molecule has 2 aromatic heterocycles. The van der Waals surface area contributed by atoms with Crippen LogP contribution >= 0.6 is 11.6 Å². The fraction of sp³-hybridized carbons (Fsp3) is 0.300. The molecule has 244 valence electrons. The molecule has 1 aliphatic carbocycles. The zero-order valence-corrected chi connectivity index (χ0v) is 25.9. The van der Waals surface area contributed by atoms with E-state index in [2.05, 4.69) is 9.17 Å². The fourth-order valence-electron chi connectivity index (χ4n) is 4.97. The third-order valence-electron chi connectivity index (χ3n) is 7.28. The normalized spacial score (nSPS) is 16.7. The van der Waals surface area contributed by atoms with Crippen molar-refractivity contribution >= 4 is 38.7 Å². The van der Waals surface area contributed by atoms with Gasteiger partial charge in [0, 0.05) is 17.0 Å². The van der Waals surface area contributed by atoms with Crippen LogP contribution in [0.2, 0.25) is 5.15 Å². The number of halogens is 6. The quantitative estimate of drug-likeness (QED) is 0.0471. The molecule has 1 aliphatic rings. The fourth-order valence-corrected chi connectivity index (χ4v) is 6.18. The van der Waals surface area contributed by atoms with Crippen LogP contribution in [0.1, 0.15) is 54.7 Å². The molecule has 0 amide bonds. The summed E-state index contributed by atoms with van der Waals surface area (Å²) in [5.41, 5.74) is 0.887. The molecule has 0 aliphatic heterocycles. The molecule has 9 nitrogen and oxygen atoms in total. The van der Waals surface area contributed by atoms with Crippen LogP contribution in [0.5, 0.6) is 11.5 Å². The molecule has 1 saturated carbocycles. The molecule has 2 aromatic carbocycles. The van der Waals surface area contributed by atoms with Crippen molar-refractivity contribution in [1.29, 1.82) is 0 Å². The number of aryl methyl sites for hydroxylation is 1. The second-order valence-electron chi connectivity index (χ2n) is 10.5. The van der Waals surface area contributed by atoms with Gasteiger partial charge in [-0.3, -0.25) is 9.59 Å². The number of rotatable bonds is 9. The number of ether oxygens (including phenoxy) is 2. The van der Waals surface area contributed by atoms with E-state index < -0.39 is 84.8 Å². The lowest BCUT2D eigenvalue weighted by molar-refractivity contribution is -0.144. The van der Waals surface area contributed by atoms with Crippen LogP contribution in [0.25, 0.3) is 11.0 Å². The van der Waals surface area contributed by atoms with Crippen LogP contribution in [0.4, 0.5) is 22.0 Å². The minimum atomic E-state index is -5.45. The number of nitrogens with zero attached hydrogens (tertiary/aromatic N) is 1. The number of carbonyl (C=O) groups is 1. The van der Waals surface area contributed by atoms with E-state index in [-0.39, 0.29) is 34.3 Å². The average Bonchev–Trinajstić information content (AvgIpc) is 3.81. The van der Waals surface area contributed by atoms with Gasteiger partial charge >= 0.3 is 16.1 Å². The van der Waals surface area contributed by atoms with Gasteiger partial charge in [0.2, 0.25) is 39.9 Å². The summed E-state index contributed by atoms with van der Waals surface area (Å²) >= 11 is 5.86. The van der Waals surface area contributed by atoms with Crippen molar-refractivity contribution in [3.63, 3.8) is 0 Å². The molecule has 0 bridgehead atoms. The van der Waals surface area contributed by atoms with E-state index in [0.29, 0.717) is 17.5 Å². The third-order valence-corrected chi connectivity index (χ3v) is 8.64. The van der Waals surface area contributed by atoms with Crippen molar-refractivity contribution in [1.82, 2.24) is 4.98 Å². The first-order valence-electron chi connectivity index (χ1n) is 13.6. The molecule has 2 heterocycles. The summed E-state index contributed by atoms with van der Waals surface area (Å²) in [4.78, 5) is 29.3. The predicted octanol–water partition coefficient (Wildman–Crippen LogP) is 6.73. The van der Waals surface area contributed by atoms with Gasteiger partial charge in [-0.1, -0.05) is 11.6 Å². The molecule has 5 rings (SSSR count). The molecule has 3 atom stereocenters. The maximum Gasteiger partial charge on any atom is 0.360 e. The third kappa shape index (κ3) is 5.88. The minimum absolute atomic E-state index is 0.0854. The first kappa shape index (κ1) is 33.1. The molecular formula is C30H23ClF5NO8S. The van der Waals surface area contributed by atoms with E-state index in [0.717, 1.165) is 12.1 Å². The van der Waals surface area contributed by atoms with Gasteiger partial charge in [-0.25, -0.2) is 18.2 Å². The van der Waals surface area contributed by atoms with Crippen LogP contribution in [0.3, 0.4) is 0 Å². The topological polar surface area (TPSA) is 122 Å². The Balaban J connectivity index is 1.55. The molecule has 0 spiro atoms. The van der Waals surface area contributed by atoms with Gasteiger partial charge in [-0.05, 0) is 63.9 Å². The highest BCUT2D eigenvalue weighted by Crippen LogP contribution is 2.49. The Bertz CT molecular complexity index is 2060. The maximum atomic E-state index is 14.3. The standard InChI is InChI=1S/C30H23ClF5NO8S/c1-5-42-30(39)16-10-15(16)26-12(3)25(38)17-9-11(2)8-14(27(17)44-26)13(4)43-18-6-7-19(31)37-29(18)46(40,41)45-28-23(35)21(33)20(32)22(34)24(28)36/h6-9,13,15-16H,5,10H2,1-4H3/t13-,15?,16?/m1/s1. The maximum absolute atomic E-state index is 14.3. The van der Waals surface area contributed by atoms with Crippen molar-refractivity contribution in [3.8, 4) is 11.5 Å². The first-order valence-corrected chi connectivity index (χ1v) is 15.4. The molecule has 46 heavy (non-hydrogen) atoms. The molecular weight excluding hydrogens is 665 g/mol. The molecule has 2 unspecified atom stereocenters. The highest BCUT2D eigenvalue weighted by atomic mass is 35.5. The SMILES string of the molecule is CCOC(=O)C1CC1c1oc2c([C@@H](C)Oc3ccc(Cl)nc3S(=O)(=O)Oc3c(F)c(F)c(F)c(F)c3F)cc(C)cc2c(=O)c1C. The Labute approximate surface area is 263 Å². The number of hydrogen-bond acceptors (Lipinski definition) is 9. The van der Waals surface area contributed by atoms with E-state index >= 15 is 0 Å². The van der Waals surface area contributed by atoms with Crippen LogP contribution in [-0.4, -0.2) is 26.0 Å². The van der Waals surface area contributed by atoms with Gasteiger partial charge in [0.25, 0.3) is 0 Å². The van der Waals surface area contributed by atoms with Crippen LogP contribution in [0, 0.1) is 48.9 Å². The summed E-state index contributed by atoms with van der Waals surface area (Å²) in [5.74, 6) is -16.2. The number of aromatic nitrogens is 1. The lowest BCUT2D eigenvalue weighted by Gasteiger charge is -2.20. The lowest BCUT2D eigenvalue weighted by Crippen LogP contribution is -2.18. The van der Waals surface area contributed by atoms with Crippen molar-refractivity contribution in [3.05, 3.63) is 91.2 Å². The number of pyridine rings is 1. The summed E-state index contributed by atoms with van der Waals surface area (Å²) in [7, 11) is -5.45. The first-order chi connectivity index (χ1) is 21.6. The molecule has 16 heteroatoms. The largest absolute Gasteiger partial charge is 0.483 e. The van der Waals surface area contributed by atoms with Gasteiger partial charge in [-0.2, -0.15) is 17.2 Å².